The van der Waals surface area contributed by atoms with Crippen LogP contribution in [0.1, 0.15) is 30.8 Å². The molecule has 2 N–H and O–H groups in total. The van der Waals surface area contributed by atoms with E-state index >= 15 is 0 Å². The van der Waals surface area contributed by atoms with Crippen LogP contribution >= 0.6 is 11.6 Å². The average molecular weight is 294 g/mol. The Bertz CT molecular complexity index is 568. The maximum absolute atomic E-state index is 6.30. The highest BCUT2D eigenvalue weighted by molar-refractivity contribution is 6.30. The Morgan fingerprint density at radius 2 is 2.25 bits per heavy atom. The summed E-state index contributed by atoms with van der Waals surface area (Å²) in [4.78, 5) is 4.39. The molecule has 2 rings (SSSR count). The zero-order valence-electron chi connectivity index (χ0n) is 11.8. The molecular weight excluding hydrogens is 274 g/mol. The van der Waals surface area contributed by atoms with Crippen LogP contribution in [0.25, 0.3) is 0 Å². The fraction of sp³-hybridized carbons (Fsp3) is 0.400. The van der Waals surface area contributed by atoms with E-state index in [4.69, 9.17) is 22.1 Å². The molecule has 0 aliphatic heterocycles. The molecule has 0 radical (unpaired) electrons. The van der Waals surface area contributed by atoms with Gasteiger partial charge in [0.15, 0.2) is 0 Å². The summed E-state index contributed by atoms with van der Waals surface area (Å²) in [5.41, 5.74) is 7.21. The Morgan fingerprint density at radius 1 is 1.45 bits per heavy atom. The number of imidazole rings is 1. The number of aromatic nitrogens is 2. The van der Waals surface area contributed by atoms with Crippen molar-refractivity contribution in [1.29, 1.82) is 0 Å². The van der Waals surface area contributed by atoms with Gasteiger partial charge in [-0.2, -0.15) is 0 Å². The molecule has 1 unspecified atom stereocenters. The highest BCUT2D eigenvalue weighted by Crippen LogP contribution is 2.28. The van der Waals surface area contributed by atoms with Gasteiger partial charge in [0.05, 0.1) is 7.11 Å². The molecule has 0 saturated heterocycles. The number of ether oxygens (including phenoxy) is 1. The van der Waals surface area contributed by atoms with Crippen LogP contribution in [0.2, 0.25) is 5.02 Å². The second kappa shape index (κ2) is 6.77. The second-order valence-corrected chi connectivity index (χ2v) is 5.17. The first-order chi connectivity index (χ1) is 9.65. The van der Waals surface area contributed by atoms with Crippen LogP contribution in [-0.4, -0.2) is 16.7 Å². The predicted molar refractivity (Wildman–Crippen MR) is 81.2 cm³/mol. The van der Waals surface area contributed by atoms with Crippen molar-refractivity contribution < 1.29 is 4.74 Å². The Balaban J connectivity index is 2.21. The normalized spacial score (nSPS) is 12.4. The van der Waals surface area contributed by atoms with Gasteiger partial charge in [0, 0.05) is 42.0 Å². The molecule has 0 spiro atoms. The van der Waals surface area contributed by atoms with Crippen molar-refractivity contribution in [2.24, 2.45) is 5.73 Å². The van der Waals surface area contributed by atoms with Crippen molar-refractivity contribution in [2.45, 2.75) is 32.4 Å². The first kappa shape index (κ1) is 14.9. The van der Waals surface area contributed by atoms with E-state index in [2.05, 4.69) is 16.5 Å². The molecule has 0 fully saturated rings. The number of hydrogen-bond acceptors (Lipinski definition) is 3. The Kier molecular flexibility index (Phi) is 5.04. The molecule has 1 aromatic carbocycles. The number of aryl methyl sites for hydroxylation is 1. The fourth-order valence-electron chi connectivity index (χ4n) is 2.28. The lowest BCUT2D eigenvalue weighted by Crippen LogP contribution is -2.17. The van der Waals surface area contributed by atoms with E-state index in [1.807, 2.05) is 24.5 Å². The summed E-state index contributed by atoms with van der Waals surface area (Å²) in [6.45, 7) is 3.10. The zero-order valence-corrected chi connectivity index (χ0v) is 12.6. The molecule has 108 valence electrons. The van der Waals surface area contributed by atoms with Gasteiger partial charge in [0.25, 0.3) is 0 Å². The van der Waals surface area contributed by atoms with E-state index in [-0.39, 0.29) is 6.04 Å². The minimum atomic E-state index is -0.193. The standard InChI is InChI=1S/C15H20ClN3O/c1-3-7-19-8-6-18-15(19)10-13(17)12-9-11(16)4-5-14(12)20-2/h4-6,8-9,13H,3,7,10,17H2,1-2H3. The smallest absolute Gasteiger partial charge is 0.123 e. The summed E-state index contributed by atoms with van der Waals surface area (Å²) < 4.78 is 7.49. The van der Waals surface area contributed by atoms with Gasteiger partial charge in [0.2, 0.25) is 0 Å². The third kappa shape index (κ3) is 3.32. The summed E-state index contributed by atoms with van der Waals surface area (Å²) in [5.74, 6) is 1.75. The number of benzene rings is 1. The molecule has 1 aromatic heterocycles. The molecule has 0 aliphatic carbocycles. The molecular formula is C15H20ClN3O. The summed E-state index contributed by atoms with van der Waals surface area (Å²) in [7, 11) is 1.64. The van der Waals surface area contributed by atoms with E-state index in [9.17, 15) is 0 Å². The maximum Gasteiger partial charge on any atom is 0.123 e. The van der Waals surface area contributed by atoms with Gasteiger partial charge in [0.1, 0.15) is 11.6 Å². The molecule has 1 atom stereocenters. The third-order valence-corrected chi connectivity index (χ3v) is 3.50. The minimum Gasteiger partial charge on any atom is -0.496 e. The van der Waals surface area contributed by atoms with Crippen LogP contribution in [0.5, 0.6) is 5.75 Å². The van der Waals surface area contributed by atoms with Crippen molar-refractivity contribution in [2.75, 3.05) is 7.11 Å². The average Bonchev–Trinajstić information content (AvgIpc) is 2.86. The number of nitrogens with zero attached hydrogens (tertiary/aromatic N) is 2. The van der Waals surface area contributed by atoms with E-state index in [1.165, 1.54) is 0 Å². The molecule has 2 aromatic rings. The zero-order chi connectivity index (χ0) is 14.5. The minimum absolute atomic E-state index is 0.193. The van der Waals surface area contributed by atoms with Crippen molar-refractivity contribution in [3.8, 4) is 5.75 Å². The molecule has 0 bridgehead atoms. The predicted octanol–water partition coefficient (Wildman–Crippen LogP) is 3.20. The number of nitrogens with two attached hydrogens (primary N) is 1. The monoisotopic (exact) mass is 293 g/mol. The van der Waals surface area contributed by atoms with Crippen LogP contribution in [0.15, 0.2) is 30.6 Å². The lowest BCUT2D eigenvalue weighted by atomic mass is 10.0. The van der Waals surface area contributed by atoms with Gasteiger partial charge in [-0.25, -0.2) is 4.98 Å². The van der Waals surface area contributed by atoms with Crippen LogP contribution in [-0.2, 0) is 13.0 Å². The topological polar surface area (TPSA) is 53.1 Å². The largest absolute Gasteiger partial charge is 0.496 e. The van der Waals surface area contributed by atoms with Crippen molar-refractivity contribution >= 4 is 11.6 Å². The quantitative estimate of drug-likeness (QED) is 0.890. The molecule has 5 heteroatoms. The third-order valence-electron chi connectivity index (χ3n) is 3.26. The lowest BCUT2D eigenvalue weighted by molar-refractivity contribution is 0.405. The second-order valence-electron chi connectivity index (χ2n) is 4.73. The fourth-order valence-corrected chi connectivity index (χ4v) is 2.46. The van der Waals surface area contributed by atoms with Gasteiger partial charge < -0.3 is 15.0 Å². The summed E-state index contributed by atoms with van der Waals surface area (Å²) in [6.07, 6.45) is 5.52. The molecule has 0 saturated carbocycles. The van der Waals surface area contributed by atoms with E-state index in [0.717, 1.165) is 30.1 Å². The van der Waals surface area contributed by atoms with Crippen molar-refractivity contribution in [3.63, 3.8) is 0 Å². The molecule has 0 amide bonds. The summed E-state index contributed by atoms with van der Waals surface area (Å²) in [5, 5.41) is 0.660. The Labute approximate surface area is 124 Å². The first-order valence-electron chi connectivity index (χ1n) is 6.74. The molecule has 4 nitrogen and oxygen atoms in total. The van der Waals surface area contributed by atoms with E-state index in [1.54, 1.807) is 13.2 Å². The lowest BCUT2D eigenvalue weighted by Gasteiger charge is -2.16. The Hall–Kier alpha value is -1.52. The van der Waals surface area contributed by atoms with Crippen LogP contribution in [0.4, 0.5) is 0 Å². The molecule has 0 aliphatic rings. The van der Waals surface area contributed by atoms with Crippen LogP contribution in [0.3, 0.4) is 0 Å². The van der Waals surface area contributed by atoms with Crippen LogP contribution < -0.4 is 10.5 Å². The number of halogens is 1. The molecule has 20 heavy (non-hydrogen) atoms. The van der Waals surface area contributed by atoms with Crippen LogP contribution in [0, 0.1) is 0 Å². The summed E-state index contributed by atoms with van der Waals surface area (Å²) >= 11 is 6.05. The van der Waals surface area contributed by atoms with Gasteiger partial charge in [-0.3, -0.25) is 0 Å². The number of rotatable bonds is 6. The SMILES string of the molecule is CCCn1ccnc1CC(N)c1cc(Cl)ccc1OC. The van der Waals surface area contributed by atoms with Gasteiger partial charge >= 0.3 is 0 Å². The highest BCUT2D eigenvalue weighted by Gasteiger charge is 2.15. The highest BCUT2D eigenvalue weighted by atomic mass is 35.5. The van der Waals surface area contributed by atoms with Crippen molar-refractivity contribution in [3.05, 3.63) is 47.0 Å². The number of methoxy groups -OCH3 is 1. The maximum atomic E-state index is 6.30. The first-order valence-corrected chi connectivity index (χ1v) is 7.12. The van der Waals surface area contributed by atoms with E-state index < -0.39 is 0 Å². The summed E-state index contributed by atoms with van der Waals surface area (Å²) in [6, 6.07) is 5.31. The van der Waals surface area contributed by atoms with Gasteiger partial charge in [-0.15, -0.1) is 0 Å². The Morgan fingerprint density at radius 3 is 2.95 bits per heavy atom. The number of hydrogen-bond donors (Lipinski definition) is 1. The molecule has 1 heterocycles. The van der Waals surface area contributed by atoms with E-state index in [0.29, 0.717) is 11.4 Å². The van der Waals surface area contributed by atoms with Crippen molar-refractivity contribution in [1.82, 2.24) is 9.55 Å². The van der Waals surface area contributed by atoms with Gasteiger partial charge in [-0.1, -0.05) is 18.5 Å². The van der Waals surface area contributed by atoms with Gasteiger partial charge in [-0.05, 0) is 24.6 Å².